The molecule has 3 nitrogen and oxygen atoms in total. The number of fused-ring (bicyclic) bond motifs is 6. The van der Waals surface area contributed by atoms with Crippen LogP contribution in [-0.2, 0) is 21.7 Å². The Kier molecular flexibility index (Phi) is 13.5. The number of hydrogen-bond donors (Lipinski definition) is 0. The van der Waals surface area contributed by atoms with E-state index in [2.05, 4.69) is 340 Å². The maximum atomic E-state index is 2.63. The van der Waals surface area contributed by atoms with Crippen molar-refractivity contribution in [2.24, 2.45) is 0 Å². The zero-order valence-electron chi connectivity index (χ0n) is 50.9. The maximum Gasteiger partial charge on any atom is 0.254 e. The van der Waals surface area contributed by atoms with Gasteiger partial charge >= 0.3 is 0 Å². The van der Waals surface area contributed by atoms with Crippen LogP contribution >= 0.6 is 11.3 Å². The molecule has 0 unspecified atom stereocenters. The lowest BCUT2D eigenvalue weighted by molar-refractivity contribution is 0.590. The van der Waals surface area contributed by atoms with Crippen LogP contribution in [0.5, 0.6) is 0 Å². The molecule has 3 heterocycles. The molecule has 416 valence electrons. The van der Waals surface area contributed by atoms with Crippen molar-refractivity contribution in [1.82, 2.24) is 0 Å². The summed E-state index contributed by atoms with van der Waals surface area (Å²) in [4.78, 5) is 7.73. The molecule has 13 rings (SSSR count). The molecule has 84 heavy (non-hydrogen) atoms. The van der Waals surface area contributed by atoms with E-state index in [-0.39, 0.29) is 28.4 Å². The van der Waals surface area contributed by atoms with E-state index in [1.807, 2.05) is 11.3 Å². The van der Waals surface area contributed by atoms with Crippen molar-refractivity contribution >= 4 is 124 Å². The predicted molar refractivity (Wildman–Crippen MR) is 369 cm³/mol. The minimum atomic E-state index is -2.82. The second kappa shape index (κ2) is 20.6. The first-order valence-corrected chi connectivity index (χ1v) is 32.8. The van der Waals surface area contributed by atoms with Crippen LogP contribution in [0.25, 0.3) is 10.1 Å². The highest BCUT2D eigenvalue weighted by atomic mass is 32.1. The van der Waals surface area contributed by atoms with Gasteiger partial charge in [0.2, 0.25) is 0 Å². The first-order valence-electron chi connectivity index (χ1n) is 30.0. The van der Waals surface area contributed by atoms with Crippen LogP contribution in [-0.4, -0.2) is 14.8 Å². The van der Waals surface area contributed by atoms with E-state index in [1.54, 1.807) is 0 Å². The fourth-order valence-electron chi connectivity index (χ4n) is 13.3. The summed E-state index contributed by atoms with van der Waals surface area (Å²) in [5.74, 6) is 0. The van der Waals surface area contributed by atoms with Gasteiger partial charge in [-0.05, 0) is 159 Å². The molecule has 2 aliphatic heterocycles. The second-order valence-corrected chi connectivity index (χ2v) is 32.3. The molecule has 11 aromatic rings. The third kappa shape index (κ3) is 9.43. The summed E-state index contributed by atoms with van der Waals surface area (Å²) in [6.45, 7) is 27.9. The monoisotopic (exact) mass is 1130 g/mol. The van der Waals surface area contributed by atoms with Crippen molar-refractivity contribution in [3.8, 4) is 0 Å². The molecule has 6 heteroatoms. The van der Waals surface area contributed by atoms with Gasteiger partial charge in [-0.1, -0.05) is 253 Å². The molecular formula is C78H76BN3SSi. The number of rotatable bonds is 9. The van der Waals surface area contributed by atoms with Gasteiger partial charge in [0.05, 0.1) is 10.7 Å². The summed E-state index contributed by atoms with van der Waals surface area (Å²) >= 11 is 1.94. The van der Waals surface area contributed by atoms with Gasteiger partial charge in [0.15, 0.2) is 8.07 Å². The minimum Gasteiger partial charge on any atom is -0.311 e. The Morgan fingerprint density at radius 3 is 1.24 bits per heavy atom. The number of anilines is 9. The smallest absolute Gasteiger partial charge is 0.254 e. The summed E-state index contributed by atoms with van der Waals surface area (Å²) in [7, 11) is -2.82. The van der Waals surface area contributed by atoms with Crippen molar-refractivity contribution in [3.63, 3.8) is 0 Å². The molecule has 0 fully saturated rings. The zero-order chi connectivity index (χ0) is 58.5. The fourth-order valence-corrected chi connectivity index (χ4v) is 19.3. The van der Waals surface area contributed by atoms with Crippen LogP contribution in [0.1, 0.15) is 105 Å². The number of para-hydroxylation sites is 1. The molecule has 2 aliphatic rings. The Balaban J connectivity index is 1.12. The Labute approximate surface area is 505 Å². The standard InChI is InChI=1S/C78H76BN3SSi/c1-75(2,3)53-33-39-59(40-34-53)81-68-47-37-56(78(10,11)12)50-67(68)79-72-66-49-55(77(7,8)9)38-48-71(66)83-74(72)82(60-41-35-54(36-42-60)76(4,5)6)70-52-61(51-69(81)73(70)79)80(57-25-17-13-18-26-57)58-43-45-65(46-44-58)84(62-27-19-14-20-28-62,63-29-21-15-22-30-63)64-31-23-16-24-32-64/h13-52H,1-12H3. The fraction of sp³-hybridized carbons (Fsp3) is 0.205. The molecule has 0 spiro atoms. The van der Waals surface area contributed by atoms with Crippen molar-refractivity contribution < 1.29 is 0 Å². The summed E-state index contributed by atoms with van der Waals surface area (Å²) in [6.07, 6.45) is 0. The molecule has 0 bridgehead atoms. The van der Waals surface area contributed by atoms with Crippen LogP contribution in [0, 0.1) is 0 Å². The highest BCUT2D eigenvalue weighted by molar-refractivity contribution is 7.26. The zero-order valence-corrected chi connectivity index (χ0v) is 52.7. The van der Waals surface area contributed by atoms with Gasteiger partial charge in [-0.15, -0.1) is 11.3 Å². The van der Waals surface area contributed by atoms with Gasteiger partial charge in [-0.2, -0.15) is 0 Å². The second-order valence-electron chi connectivity index (χ2n) is 27.5. The van der Waals surface area contributed by atoms with E-state index in [4.69, 9.17) is 0 Å². The summed E-state index contributed by atoms with van der Waals surface area (Å²) in [6, 6.07) is 93.1. The van der Waals surface area contributed by atoms with Gasteiger partial charge in [0.25, 0.3) is 6.71 Å². The van der Waals surface area contributed by atoms with E-state index in [9.17, 15) is 0 Å². The molecule has 0 amide bonds. The normalized spacial score (nSPS) is 13.4. The first kappa shape index (κ1) is 55.1. The summed E-state index contributed by atoms with van der Waals surface area (Å²) in [5, 5.41) is 8.01. The van der Waals surface area contributed by atoms with Crippen molar-refractivity contribution in [2.75, 3.05) is 14.7 Å². The predicted octanol–water partition coefficient (Wildman–Crippen LogP) is 17.0. The minimum absolute atomic E-state index is 0.00729. The molecule has 1 aromatic heterocycles. The number of benzene rings is 10. The van der Waals surface area contributed by atoms with Crippen LogP contribution in [0.2, 0.25) is 0 Å². The molecule has 0 saturated carbocycles. The van der Waals surface area contributed by atoms with Gasteiger partial charge < -0.3 is 14.7 Å². The average Bonchev–Trinajstić information content (AvgIpc) is 1.26. The van der Waals surface area contributed by atoms with E-state index < -0.39 is 8.07 Å². The Bertz CT molecular complexity index is 4110. The Hall–Kier alpha value is -8.16. The molecule has 0 radical (unpaired) electrons. The SMILES string of the molecule is CC(C)(C)c1ccc(N2c3ccc(C(C)(C)C)cc3B3c4c2cc(N(c2ccccc2)c2ccc([Si](c5ccccc5)(c5ccccc5)c5ccccc5)cc2)cc4N(c2ccc(C(C)(C)C)cc2)c2sc4ccc(C(C)(C)C)cc4c23)cc1. The summed E-state index contributed by atoms with van der Waals surface area (Å²) in [5.41, 5.74) is 18.4. The molecule has 0 saturated heterocycles. The molecule has 10 aromatic carbocycles. The lowest BCUT2D eigenvalue weighted by Gasteiger charge is -2.44. The molecule has 0 atom stereocenters. The largest absolute Gasteiger partial charge is 0.311 e. The summed E-state index contributed by atoms with van der Waals surface area (Å²) < 4.78 is 1.31. The van der Waals surface area contributed by atoms with E-state index >= 15 is 0 Å². The van der Waals surface area contributed by atoms with Gasteiger partial charge in [-0.25, -0.2) is 0 Å². The lowest BCUT2D eigenvalue weighted by atomic mass is 9.33. The third-order valence-corrected chi connectivity index (χ3v) is 23.8. The molecular weight excluding hydrogens is 1050 g/mol. The Morgan fingerprint density at radius 1 is 0.345 bits per heavy atom. The van der Waals surface area contributed by atoms with Crippen LogP contribution in [0.15, 0.2) is 243 Å². The van der Waals surface area contributed by atoms with Crippen molar-refractivity contribution in [1.29, 1.82) is 0 Å². The lowest BCUT2D eigenvalue weighted by Crippen LogP contribution is -2.74. The van der Waals surface area contributed by atoms with Gasteiger partial charge in [0.1, 0.15) is 0 Å². The third-order valence-electron chi connectivity index (χ3n) is 17.8. The molecule has 0 aliphatic carbocycles. The van der Waals surface area contributed by atoms with Gasteiger partial charge in [-0.3, -0.25) is 0 Å². The Morgan fingerprint density at radius 2 is 0.750 bits per heavy atom. The van der Waals surface area contributed by atoms with Crippen molar-refractivity contribution in [3.05, 3.63) is 265 Å². The first-order chi connectivity index (χ1) is 40.2. The van der Waals surface area contributed by atoms with E-state index in [0.717, 1.165) is 28.4 Å². The highest BCUT2D eigenvalue weighted by Gasteiger charge is 2.47. The number of thiophene rings is 1. The van der Waals surface area contributed by atoms with Gasteiger partial charge in [0, 0.05) is 44.5 Å². The van der Waals surface area contributed by atoms with Crippen LogP contribution < -0.4 is 51.8 Å². The van der Waals surface area contributed by atoms with E-state index in [1.165, 1.54) is 91.5 Å². The molecule has 0 N–H and O–H groups in total. The van der Waals surface area contributed by atoms with E-state index in [0.29, 0.717) is 0 Å². The average molecular weight is 1130 g/mol. The highest BCUT2D eigenvalue weighted by Crippen LogP contribution is 2.51. The number of hydrogen-bond acceptors (Lipinski definition) is 4. The van der Waals surface area contributed by atoms with Crippen LogP contribution in [0.3, 0.4) is 0 Å². The van der Waals surface area contributed by atoms with Crippen molar-refractivity contribution in [2.45, 2.75) is 105 Å². The van der Waals surface area contributed by atoms with Crippen LogP contribution in [0.4, 0.5) is 50.5 Å². The maximum absolute atomic E-state index is 2.82. The topological polar surface area (TPSA) is 9.72 Å². The quantitative estimate of drug-likeness (QED) is 0.105. The number of nitrogens with zero attached hydrogens (tertiary/aromatic N) is 3.